The third-order valence-electron chi connectivity index (χ3n) is 4.58. The zero-order chi connectivity index (χ0) is 18.8. The predicted octanol–water partition coefficient (Wildman–Crippen LogP) is 6.49. The smallest absolute Gasteiger partial charge is 0.310 e. The molecule has 1 aromatic carbocycles. The normalized spacial score (nSPS) is 11.3. The van der Waals surface area contributed by atoms with Gasteiger partial charge in [0.15, 0.2) is 0 Å². The molecule has 2 aromatic rings. The second kappa shape index (κ2) is 10.7. The van der Waals surface area contributed by atoms with E-state index in [4.69, 9.17) is 9.72 Å². The molecule has 0 fully saturated rings. The molecule has 1 heterocycles. The molecule has 0 unspecified atom stereocenters. The van der Waals surface area contributed by atoms with Gasteiger partial charge in [0.2, 0.25) is 0 Å². The van der Waals surface area contributed by atoms with Gasteiger partial charge in [-0.15, -0.1) is 0 Å². The van der Waals surface area contributed by atoms with Crippen molar-refractivity contribution in [3.8, 4) is 5.75 Å². The van der Waals surface area contributed by atoms with Gasteiger partial charge in [-0.2, -0.15) is 0 Å². The molecule has 2 rings (SSSR count). The van der Waals surface area contributed by atoms with E-state index >= 15 is 0 Å². The molecular formula is C23H31NO2. The quantitative estimate of drug-likeness (QED) is 0.362. The number of unbranched alkanes of at least 4 members (excludes halogenated alkanes) is 5. The summed E-state index contributed by atoms with van der Waals surface area (Å²) < 4.78 is 5.70. The summed E-state index contributed by atoms with van der Waals surface area (Å²) in [6, 6.07) is 7.87. The minimum Gasteiger partial charge on any atom is -0.425 e. The highest BCUT2D eigenvalue weighted by molar-refractivity contribution is 5.90. The molecule has 0 bridgehead atoms. The number of benzene rings is 1. The van der Waals surface area contributed by atoms with Crippen LogP contribution in [0.15, 0.2) is 30.3 Å². The number of carbonyl (C=O) groups is 1. The molecule has 0 aliphatic carbocycles. The summed E-state index contributed by atoms with van der Waals surface area (Å²) >= 11 is 0. The fraction of sp³-hybridized carbons (Fsp3) is 0.478. The molecule has 0 aliphatic heterocycles. The number of hydrogen-bond donors (Lipinski definition) is 0. The monoisotopic (exact) mass is 353 g/mol. The number of carbonyl (C=O) groups excluding carboxylic acids is 1. The highest BCUT2D eigenvalue weighted by Crippen LogP contribution is 2.32. The van der Waals surface area contributed by atoms with Crippen LogP contribution < -0.4 is 4.74 Å². The Morgan fingerprint density at radius 2 is 1.85 bits per heavy atom. The van der Waals surface area contributed by atoms with Gasteiger partial charge in [-0.25, -0.2) is 4.98 Å². The largest absolute Gasteiger partial charge is 0.425 e. The Hall–Kier alpha value is -2.16. The predicted molar refractivity (Wildman–Crippen MR) is 109 cm³/mol. The molecule has 0 saturated carbocycles. The maximum absolute atomic E-state index is 11.9. The molecular weight excluding hydrogens is 322 g/mol. The van der Waals surface area contributed by atoms with Crippen LogP contribution in [0.25, 0.3) is 17.0 Å². The van der Waals surface area contributed by atoms with Crippen molar-refractivity contribution in [2.45, 2.75) is 72.1 Å². The summed E-state index contributed by atoms with van der Waals surface area (Å²) in [5.41, 5.74) is 2.79. The second-order valence-electron chi connectivity index (χ2n) is 6.61. The number of hydrogen-bond acceptors (Lipinski definition) is 3. The van der Waals surface area contributed by atoms with Crippen LogP contribution in [0.5, 0.6) is 5.75 Å². The van der Waals surface area contributed by atoms with E-state index in [0.717, 1.165) is 35.0 Å². The van der Waals surface area contributed by atoms with Crippen LogP contribution in [0.4, 0.5) is 0 Å². The molecule has 1 aromatic heterocycles. The number of rotatable bonds is 10. The first-order valence-electron chi connectivity index (χ1n) is 10.00. The van der Waals surface area contributed by atoms with Crippen molar-refractivity contribution < 1.29 is 9.53 Å². The van der Waals surface area contributed by atoms with Crippen molar-refractivity contribution in [1.82, 2.24) is 4.98 Å². The van der Waals surface area contributed by atoms with Gasteiger partial charge in [-0.3, -0.25) is 4.79 Å². The molecule has 0 saturated heterocycles. The first-order valence-corrected chi connectivity index (χ1v) is 10.00. The van der Waals surface area contributed by atoms with Crippen LogP contribution in [0.2, 0.25) is 0 Å². The first-order chi connectivity index (χ1) is 12.7. The van der Waals surface area contributed by atoms with Gasteiger partial charge in [-0.05, 0) is 37.5 Å². The van der Waals surface area contributed by atoms with Gasteiger partial charge < -0.3 is 4.74 Å². The second-order valence-corrected chi connectivity index (χ2v) is 6.61. The Bertz CT molecular complexity index is 749. The van der Waals surface area contributed by atoms with Crippen molar-refractivity contribution in [3.05, 3.63) is 41.6 Å². The molecule has 0 atom stereocenters. The van der Waals surface area contributed by atoms with Crippen molar-refractivity contribution in [3.63, 3.8) is 0 Å². The van der Waals surface area contributed by atoms with Gasteiger partial charge in [0.05, 0.1) is 11.2 Å². The molecule has 0 spiro atoms. The average molecular weight is 354 g/mol. The number of nitrogens with zero attached hydrogens (tertiary/aromatic N) is 1. The molecule has 0 aliphatic rings. The summed E-state index contributed by atoms with van der Waals surface area (Å²) in [5, 5.41) is 0.905. The van der Waals surface area contributed by atoms with Crippen LogP contribution in [-0.2, 0) is 11.2 Å². The van der Waals surface area contributed by atoms with Crippen molar-refractivity contribution in [1.29, 1.82) is 0 Å². The summed E-state index contributed by atoms with van der Waals surface area (Å²) in [6.07, 6.45) is 12.9. The van der Waals surface area contributed by atoms with Crippen LogP contribution in [0.1, 0.15) is 77.0 Å². The zero-order valence-electron chi connectivity index (χ0n) is 16.4. The van der Waals surface area contributed by atoms with Gasteiger partial charge >= 0.3 is 5.97 Å². The number of aromatic nitrogens is 1. The SMILES string of the molecule is CCCCCCCC=Cc1nc2ccccc2c(OC(=O)CC)c1CC. The molecule has 0 N–H and O–H groups in total. The third-order valence-corrected chi connectivity index (χ3v) is 4.58. The minimum atomic E-state index is -0.207. The summed E-state index contributed by atoms with van der Waals surface area (Å²) in [6.45, 7) is 6.13. The zero-order valence-corrected chi connectivity index (χ0v) is 16.4. The van der Waals surface area contributed by atoms with E-state index in [-0.39, 0.29) is 5.97 Å². The van der Waals surface area contributed by atoms with Crippen molar-refractivity contribution in [2.75, 3.05) is 0 Å². The lowest BCUT2D eigenvalue weighted by Crippen LogP contribution is -2.09. The molecule has 3 heteroatoms. The highest BCUT2D eigenvalue weighted by Gasteiger charge is 2.16. The topological polar surface area (TPSA) is 39.2 Å². The Labute approximate surface area is 157 Å². The van der Waals surface area contributed by atoms with E-state index in [0.29, 0.717) is 12.2 Å². The van der Waals surface area contributed by atoms with E-state index < -0.39 is 0 Å². The number of allylic oxidation sites excluding steroid dienone is 1. The van der Waals surface area contributed by atoms with E-state index in [1.807, 2.05) is 31.2 Å². The van der Waals surface area contributed by atoms with Crippen LogP contribution >= 0.6 is 0 Å². The third kappa shape index (κ3) is 5.42. The number of esters is 1. The van der Waals surface area contributed by atoms with Crippen molar-refractivity contribution in [2.24, 2.45) is 0 Å². The maximum atomic E-state index is 11.9. The minimum absolute atomic E-state index is 0.207. The van der Waals surface area contributed by atoms with Crippen LogP contribution in [0.3, 0.4) is 0 Å². The van der Waals surface area contributed by atoms with Gasteiger partial charge in [0, 0.05) is 17.4 Å². The first kappa shape index (κ1) is 20.2. The number of ether oxygens (including phenoxy) is 1. The lowest BCUT2D eigenvalue weighted by Gasteiger charge is -2.14. The fourth-order valence-electron chi connectivity index (χ4n) is 3.08. The summed E-state index contributed by atoms with van der Waals surface area (Å²) in [4.78, 5) is 16.7. The number of para-hydroxylation sites is 1. The van der Waals surface area contributed by atoms with Gasteiger partial charge in [-0.1, -0.05) is 64.7 Å². The molecule has 26 heavy (non-hydrogen) atoms. The van der Waals surface area contributed by atoms with E-state index in [2.05, 4.69) is 26.0 Å². The molecule has 140 valence electrons. The standard InChI is InChI=1S/C23H31NO2/c1-4-7-8-9-10-11-12-16-20-18(5-2)23(26-22(25)6-3)19-15-13-14-17-21(19)24-20/h12-17H,4-11H2,1-3H3. The van der Waals surface area contributed by atoms with Gasteiger partial charge in [0.1, 0.15) is 5.75 Å². The van der Waals surface area contributed by atoms with Crippen LogP contribution in [-0.4, -0.2) is 11.0 Å². The van der Waals surface area contributed by atoms with Crippen molar-refractivity contribution >= 4 is 22.9 Å². The molecule has 0 radical (unpaired) electrons. The Morgan fingerprint density at radius 3 is 2.58 bits per heavy atom. The molecule has 3 nitrogen and oxygen atoms in total. The van der Waals surface area contributed by atoms with E-state index in [1.54, 1.807) is 0 Å². The van der Waals surface area contributed by atoms with E-state index in [1.165, 1.54) is 32.1 Å². The van der Waals surface area contributed by atoms with E-state index in [9.17, 15) is 4.79 Å². The highest BCUT2D eigenvalue weighted by atomic mass is 16.5. The Kier molecular flexibility index (Phi) is 8.33. The Balaban J connectivity index is 2.26. The number of pyridine rings is 1. The maximum Gasteiger partial charge on any atom is 0.310 e. The fourth-order valence-corrected chi connectivity index (χ4v) is 3.08. The van der Waals surface area contributed by atoms with Crippen LogP contribution in [0, 0.1) is 0 Å². The molecule has 0 amide bonds. The lowest BCUT2D eigenvalue weighted by atomic mass is 10.0. The Morgan fingerprint density at radius 1 is 1.08 bits per heavy atom. The summed E-state index contributed by atoms with van der Waals surface area (Å²) in [7, 11) is 0. The lowest BCUT2D eigenvalue weighted by molar-refractivity contribution is -0.133. The summed E-state index contributed by atoms with van der Waals surface area (Å²) in [5.74, 6) is 0.467. The average Bonchev–Trinajstić information content (AvgIpc) is 2.67. The number of fused-ring (bicyclic) bond motifs is 1. The van der Waals surface area contributed by atoms with Gasteiger partial charge in [0.25, 0.3) is 0 Å².